The number of carbonyl (C=O) groups excluding carboxylic acids is 1. The third-order valence-electron chi connectivity index (χ3n) is 5.56. The van der Waals surface area contributed by atoms with Crippen molar-refractivity contribution in [1.29, 1.82) is 0 Å². The van der Waals surface area contributed by atoms with E-state index in [2.05, 4.69) is 26.0 Å². The Balaban J connectivity index is 2.03. The van der Waals surface area contributed by atoms with E-state index in [1.807, 2.05) is 19.9 Å². The largest absolute Gasteiger partial charge is 0.298 e. The van der Waals surface area contributed by atoms with E-state index in [0.717, 1.165) is 27.8 Å². The van der Waals surface area contributed by atoms with E-state index >= 15 is 0 Å². The van der Waals surface area contributed by atoms with Gasteiger partial charge in [0.25, 0.3) is 10.0 Å². The van der Waals surface area contributed by atoms with Crippen LogP contribution in [0.15, 0.2) is 59.6 Å². The molecule has 4 rings (SSSR count). The second-order valence-corrected chi connectivity index (χ2v) is 9.60. The Morgan fingerprint density at radius 2 is 1.69 bits per heavy atom. The van der Waals surface area contributed by atoms with Crippen molar-refractivity contribution in [3.63, 3.8) is 0 Å². The number of benzene rings is 1. The summed E-state index contributed by atoms with van der Waals surface area (Å²) in [6.07, 6.45) is 2.11. The van der Waals surface area contributed by atoms with Gasteiger partial charge in [-0.15, -0.1) is 0 Å². The predicted octanol–water partition coefficient (Wildman–Crippen LogP) is 5.54. The second-order valence-electron chi connectivity index (χ2n) is 7.82. The molecule has 0 saturated heterocycles. The van der Waals surface area contributed by atoms with Gasteiger partial charge < -0.3 is 0 Å². The van der Waals surface area contributed by atoms with Crippen LogP contribution in [-0.2, 0) is 10.0 Å². The lowest BCUT2D eigenvalue weighted by atomic mass is 10.0. The Morgan fingerprint density at radius 1 is 0.966 bits per heavy atom. The minimum Gasteiger partial charge on any atom is -0.298 e. The fraction of sp³-hybridized carbons (Fsp3) is 0.208. The summed E-state index contributed by atoms with van der Waals surface area (Å²) in [7, 11) is -3.89. The molecule has 0 N–H and O–H groups in total. The first-order valence-corrected chi connectivity index (χ1v) is 11.0. The van der Waals surface area contributed by atoms with Crippen LogP contribution in [0, 0.1) is 13.8 Å². The highest BCUT2D eigenvalue weighted by molar-refractivity contribution is 7.90. The molecule has 0 saturated carbocycles. The number of rotatable bonds is 4. The summed E-state index contributed by atoms with van der Waals surface area (Å²) in [5.41, 5.74) is 5.54. The maximum Gasteiger partial charge on any atom is 0.268 e. The number of carbonyl (C=O) groups is 1. The van der Waals surface area contributed by atoms with Gasteiger partial charge in [-0.3, -0.25) is 4.79 Å². The molecule has 1 aromatic heterocycles. The van der Waals surface area contributed by atoms with Gasteiger partial charge in [0.05, 0.1) is 10.4 Å². The highest BCUT2D eigenvalue weighted by atomic mass is 32.2. The van der Waals surface area contributed by atoms with Crippen molar-refractivity contribution < 1.29 is 13.2 Å². The fourth-order valence-electron chi connectivity index (χ4n) is 3.93. The Labute approximate surface area is 171 Å². The number of hydrogen-bond donors (Lipinski definition) is 0. The summed E-state index contributed by atoms with van der Waals surface area (Å²) in [6, 6.07) is 14.9. The number of aldehydes is 1. The number of nitrogens with zero attached hydrogens (tertiary/aromatic N) is 1. The highest BCUT2D eigenvalue weighted by Crippen LogP contribution is 2.40. The SMILES string of the molecule is Cc1cc(S(=O)(=O)n2cc(C=O)c3ccccc32)c2c(C)ccc(C(C)C)cc1-2. The molecule has 1 heterocycles. The minimum absolute atomic E-state index is 0.270. The topological polar surface area (TPSA) is 56.1 Å². The Bertz CT molecular complexity index is 1330. The molecule has 0 radical (unpaired) electrons. The van der Waals surface area contributed by atoms with Gasteiger partial charge in [-0.05, 0) is 54.2 Å². The molecule has 0 amide bonds. The van der Waals surface area contributed by atoms with Gasteiger partial charge in [0.1, 0.15) is 0 Å². The van der Waals surface area contributed by atoms with E-state index in [4.69, 9.17) is 0 Å². The molecule has 0 unspecified atom stereocenters. The maximum absolute atomic E-state index is 13.7. The fourth-order valence-corrected chi connectivity index (χ4v) is 5.66. The Kier molecular flexibility index (Phi) is 4.58. The van der Waals surface area contributed by atoms with Crippen LogP contribution in [0.5, 0.6) is 0 Å². The first-order chi connectivity index (χ1) is 13.8. The smallest absolute Gasteiger partial charge is 0.268 e. The lowest BCUT2D eigenvalue weighted by Gasteiger charge is -2.10. The summed E-state index contributed by atoms with van der Waals surface area (Å²) >= 11 is 0. The Hall–Kier alpha value is -2.92. The molecule has 2 aromatic rings. The van der Waals surface area contributed by atoms with Gasteiger partial charge in [0.15, 0.2) is 6.29 Å². The summed E-state index contributed by atoms with van der Waals surface area (Å²) in [6.45, 7) is 8.13. The van der Waals surface area contributed by atoms with Crippen LogP contribution in [0.1, 0.15) is 46.8 Å². The standard InChI is InChI=1S/C24H23NO3S/c1-15(2)18-10-9-16(3)24-21(12-18)17(4)11-23(24)29(27,28)25-13-19(14-26)20-7-5-6-8-22(20)25/h5-15H,1-4H3. The molecule has 0 spiro atoms. The summed E-state index contributed by atoms with van der Waals surface area (Å²) in [5.74, 6) is 0.336. The third-order valence-corrected chi connectivity index (χ3v) is 7.26. The van der Waals surface area contributed by atoms with Crippen molar-refractivity contribution in [1.82, 2.24) is 3.97 Å². The van der Waals surface area contributed by atoms with Crippen molar-refractivity contribution in [3.05, 3.63) is 77.0 Å². The van der Waals surface area contributed by atoms with Crippen LogP contribution in [0.25, 0.3) is 22.0 Å². The first kappa shape index (κ1) is 19.4. The molecule has 1 aromatic carbocycles. The van der Waals surface area contributed by atoms with Gasteiger partial charge in [0.2, 0.25) is 0 Å². The molecule has 29 heavy (non-hydrogen) atoms. The average Bonchev–Trinajstić information content (AvgIpc) is 3.17. The molecule has 2 aliphatic rings. The van der Waals surface area contributed by atoms with Crippen molar-refractivity contribution in [3.8, 4) is 11.1 Å². The van der Waals surface area contributed by atoms with Crippen molar-refractivity contribution in [2.45, 2.75) is 38.5 Å². The molecule has 0 fully saturated rings. The maximum atomic E-state index is 13.7. The highest BCUT2D eigenvalue weighted by Gasteiger charge is 2.28. The number of aromatic nitrogens is 1. The van der Waals surface area contributed by atoms with Gasteiger partial charge in [-0.2, -0.15) is 0 Å². The lowest BCUT2D eigenvalue weighted by Crippen LogP contribution is -2.12. The van der Waals surface area contributed by atoms with Gasteiger partial charge in [-0.1, -0.05) is 50.2 Å². The number of para-hydroxylation sites is 1. The molecule has 148 valence electrons. The van der Waals surface area contributed by atoms with E-state index in [9.17, 15) is 13.2 Å². The number of aryl methyl sites for hydroxylation is 2. The van der Waals surface area contributed by atoms with Gasteiger partial charge in [-0.25, -0.2) is 12.4 Å². The number of fused-ring (bicyclic) bond motifs is 2. The normalized spacial score (nSPS) is 12.2. The Morgan fingerprint density at radius 3 is 2.38 bits per heavy atom. The van der Waals surface area contributed by atoms with Gasteiger partial charge >= 0.3 is 0 Å². The van der Waals surface area contributed by atoms with Crippen LogP contribution in [-0.4, -0.2) is 18.7 Å². The predicted molar refractivity (Wildman–Crippen MR) is 117 cm³/mol. The molecule has 0 atom stereocenters. The van der Waals surface area contributed by atoms with Crippen LogP contribution >= 0.6 is 0 Å². The van der Waals surface area contributed by atoms with E-state index in [1.54, 1.807) is 30.3 Å². The molecule has 2 aliphatic carbocycles. The summed E-state index contributed by atoms with van der Waals surface area (Å²) in [4.78, 5) is 11.8. The monoisotopic (exact) mass is 405 g/mol. The van der Waals surface area contributed by atoms with Crippen LogP contribution in [0.4, 0.5) is 0 Å². The van der Waals surface area contributed by atoms with Crippen molar-refractivity contribution in [2.24, 2.45) is 0 Å². The second kappa shape index (κ2) is 6.85. The van der Waals surface area contributed by atoms with Gasteiger partial charge in [0, 0.05) is 22.7 Å². The molecular weight excluding hydrogens is 382 g/mol. The minimum atomic E-state index is -3.89. The zero-order valence-corrected chi connectivity index (χ0v) is 17.7. The quantitative estimate of drug-likeness (QED) is 0.419. The summed E-state index contributed by atoms with van der Waals surface area (Å²) in [5, 5.41) is 0.628. The van der Waals surface area contributed by atoms with E-state index in [1.165, 1.54) is 10.2 Å². The number of hydrogen-bond acceptors (Lipinski definition) is 3. The van der Waals surface area contributed by atoms with Crippen molar-refractivity contribution >= 4 is 27.2 Å². The average molecular weight is 406 g/mol. The van der Waals surface area contributed by atoms with E-state index < -0.39 is 10.0 Å². The molecule has 4 nitrogen and oxygen atoms in total. The molecule has 5 heteroatoms. The van der Waals surface area contributed by atoms with Crippen molar-refractivity contribution in [2.75, 3.05) is 0 Å². The zero-order chi connectivity index (χ0) is 20.9. The van der Waals surface area contributed by atoms with E-state index in [0.29, 0.717) is 28.7 Å². The lowest BCUT2D eigenvalue weighted by molar-refractivity contribution is 0.112. The molecular formula is C24H23NO3S. The zero-order valence-electron chi connectivity index (χ0n) is 16.9. The molecule has 0 aliphatic heterocycles. The third kappa shape index (κ3) is 2.97. The molecule has 0 bridgehead atoms. The van der Waals surface area contributed by atoms with Crippen LogP contribution in [0.3, 0.4) is 0 Å². The van der Waals surface area contributed by atoms with E-state index in [-0.39, 0.29) is 4.90 Å². The summed E-state index contributed by atoms with van der Waals surface area (Å²) < 4.78 is 28.7. The van der Waals surface area contributed by atoms with Crippen LogP contribution < -0.4 is 0 Å². The van der Waals surface area contributed by atoms with Crippen LogP contribution in [0.2, 0.25) is 0 Å². The first-order valence-electron chi connectivity index (χ1n) is 9.60.